The number of aryl methyl sites for hydroxylation is 1. The number of hydrogen-bond donors (Lipinski definition) is 0. The second kappa shape index (κ2) is 8.42. The average Bonchev–Trinajstić information content (AvgIpc) is 2.61. The third-order valence-corrected chi connectivity index (χ3v) is 5.32. The lowest BCUT2D eigenvalue weighted by Gasteiger charge is -2.28. The van der Waals surface area contributed by atoms with Gasteiger partial charge in [0.2, 0.25) is 0 Å². The lowest BCUT2D eigenvalue weighted by molar-refractivity contribution is 0.328. The van der Waals surface area contributed by atoms with Crippen molar-refractivity contribution in [2.45, 2.75) is 52.4 Å². The molecule has 2 aromatic carbocycles. The summed E-state index contributed by atoms with van der Waals surface area (Å²) in [6.07, 6.45) is 8.03. The van der Waals surface area contributed by atoms with Crippen LogP contribution in [0.3, 0.4) is 0 Å². The van der Waals surface area contributed by atoms with E-state index in [4.69, 9.17) is 0 Å². The summed E-state index contributed by atoms with van der Waals surface area (Å²) >= 11 is 0. The van der Waals surface area contributed by atoms with Gasteiger partial charge < -0.3 is 0 Å². The Morgan fingerprint density at radius 1 is 0.960 bits per heavy atom. The molecule has 3 rings (SSSR count). The molecule has 0 spiro atoms. The third kappa shape index (κ3) is 4.18. The van der Waals surface area contributed by atoms with Crippen LogP contribution >= 0.6 is 0 Å². The number of rotatable bonds is 4. The van der Waals surface area contributed by atoms with Crippen LogP contribution in [0.4, 0.5) is 8.78 Å². The first-order valence-corrected chi connectivity index (χ1v) is 8.76. The largest absolute Gasteiger partial charge is 0.203 e. The van der Waals surface area contributed by atoms with E-state index in [0.717, 1.165) is 17.9 Å². The lowest BCUT2D eigenvalue weighted by atomic mass is 9.77. The third-order valence-electron chi connectivity index (χ3n) is 5.32. The van der Waals surface area contributed by atoms with Gasteiger partial charge in [-0.15, -0.1) is 6.58 Å². The molecule has 1 aliphatic rings. The maximum atomic E-state index is 14.1. The van der Waals surface area contributed by atoms with Crippen molar-refractivity contribution in [3.63, 3.8) is 0 Å². The van der Waals surface area contributed by atoms with E-state index in [9.17, 15) is 8.78 Å². The predicted molar refractivity (Wildman–Crippen MR) is 103 cm³/mol. The van der Waals surface area contributed by atoms with E-state index in [-0.39, 0.29) is 7.43 Å². The Hall–Kier alpha value is -1.96. The highest BCUT2D eigenvalue weighted by molar-refractivity contribution is 5.65. The molecule has 0 N–H and O–H groups in total. The molecular formula is C23H28F2. The van der Waals surface area contributed by atoms with E-state index >= 15 is 0 Å². The van der Waals surface area contributed by atoms with Gasteiger partial charge >= 0.3 is 0 Å². The number of halogens is 2. The Bertz CT molecular complexity index is 708. The number of benzene rings is 2. The van der Waals surface area contributed by atoms with Crippen LogP contribution in [0.5, 0.6) is 0 Å². The molecule has 2 aromatic rings. The van der Waals surface area contributed by atoms with Gasteiger partial charge in [0.15, 0.2) is 11.6 Å². The standard InChI is InChI=1S/C22H24F2.CH4/c1-3-4-16-6-8-17(9-7-16)18-10-12-19(13-11-18)20-14-5-15(2)21(23)22(20)24;/h3,5,10-14,16-17H,1,4,6-9H2,2H3;1H4. The molecule has 0 aromatic heterocycles. The molecule has 2 heteroatoms. The van der Waals surface area contributed by atoms with Crippen molar-refractivity contribution in [2.75, 3.05) is 0 Å². The minimum absolute atomic E-state index is 0. The quantitative estimate of drug-likeness (QED) is 0.507. The molecule has 1 saturated carbocycles. The Morgan fingerprint density at radius 3 is 2.20 bits per heavy atom. The molecule has 0 unspecified atom stereocenters. The van der Waals surface area contributed by atoms with E-state index < -0.39 is 11.6 Å². The summed E-state index contributed by atoms with van der Waals surface area (Å²) in [5, 5.41) is 0. The highest BCUT2D eigenvalue weighted by Gasteiger charge is 2.21. The van der Waals surface area contributed by atoms with Crippen LogP contribution in [0, 0.1) is 24.5 Å². The first kappa shape index (κ1) is 19.4. The van der Waals surface area contributed by atoms with Crippen molar-refractivity contribution in [1.29, 1.82) is 0 Å². The van der Waals surface area contributed by atoms with Gasteiger partial charge in [-0.2, -0.15) is 0 Å². The first-order valence-electron chi connectivity index (χ1n) is 8.76. The van der Waals surface area contributed by atoms with E-state index in [2.05, 4.69) is 18.7 Å². The summed E-state index contributed by atoms with van der Waals surface area (Å²) in [5.41, 5.74) is 2.71. The van der Waals surface area contributed by atoms with Crippen LogP contribution in [0.1, 0.15) is 56.6 Å². The molecular weight excluding hydrogens is 314 g/mol. The predicted octanol–water partition coefficient (Wildman–Crippen LogP) is 7.43. The van der Waals surface area contributed by atoms with Gasteiger partial charge in [0.1, 0.15) is 0 Å². The van der Waals surface area contributed by atoms with Crippen molar-refractivity contribution in [1.82, 2.24) is 0 Å². The fourth-order valence-electron chi connectivity index (χ4n) is 3.77. The maximum Gasteiger partial charge on any atom is 0.166 e. The molecule has 0 saturated heterocycles. The second-order valence-corrected chi connectivity index (χ2v) is 6.92. The first-order chi connectivity index (χ1) is 11.6. The van der Waals surface area contributed by atoms with E-state index in [1.165, 1.54) is 31.2 Å². The summed E-state index contributed by atoms with van der Waals surface area (Å²) in [4.78, 5) is 0. The molecule has 25 heavy (non-hydrogen) atoms. The fraction of sp³-hybridized carbons (Fsp3) is 0.391. The zero-order valence-electron chi connectivity index (χ0n) is 14.2. The molecule has 0 amide bonds. The molecule has 134 valence electrons. The molecule has 0 atom stereocenters. The average molecular weight is 342 g/mol. The van der Waals surface area contributed by atoms with Crippen LogP contribution in [0.25, 0.3) is 11.1 Å². The summed E-state index contributed by atoms with van der Waals surface area (Å²) in [6.45, 7) is 5.41. The van der Waals surface area contributed by atoms with Crippen LogP contribution < -0.4 is 0 Å². The van der Waals surface area contributed by atoms with Gasteiger partial charge in [0.05, 0.1) is 0 Å². The smallest absolute Gasteiger partial charge is 0.166 e. The summed E-state index contributed by atoms with van der Waals surface area (Å²) < 4.78 is 27.9. The van der Waals surface area contributed by atoms with E-state index in [1.807, 2.05) is 18.2 Å². The molecule has 0 aliphatic heterocycles. The van der Waals surface area contributed by atoms with Crippen molar-refractivity contribution in [3.05, 3.63) is 71.8 Å². The molecule has 0 heterocycles. The van der Waals surface area contributed by atoms with Gasteiger partial charge in [-0.25, -0.2) is 8.78 Å². The summed E-state index contributed by atoms with van der Waals surface area (Å²) in [5.74, 6) is -0.146. The Kier molecular flexibility index (Phi) is 6.52. The van der Waals surface area contributed by atoms with E-state index in [0.29, 0.717) is 17.0 Å². The fourth-order valence-corrected chi connectivity index (χ4v) is 3.77. The zero-order valence-corrected chi connectivity index (χ0v) is 14.2. The molecule has 0 bridgehead atoms. The van der Waals surface area contributed by atoms with Gasteiger partial charge in [-0.05, 0) is 67.6 Å². The normalized spacial score (nSPS) is 20.0. The maximum absolute atomic E-state index is 14.1. The minimum Gasteiger partial charge on any atom is -0.203 e. The lowest BCUT2D eigenvalue weighted by Crippen LogP contribution is -2.12. The van der Waals surface area contributed by atoms with Gasteiger partial charge in [-0.1, -0.05) is 49.9 Å². The van der Waals surface area contributed by atoms with Gasteiger partial charge in [0.25, 0.3) is 0 Å². The van der Waals surface area contributed by atoms with Crippen LogP contribution in [0.2, 0.25) is 0 Å². The highest BCUT2D eigenvalue weighted by atomic mass is 19.2. The summed E-state index contributed by atoms with van der Waals surface area (Å²) in [6, 6.07) is 11.3. The van der Waals surface area contributed by atoms with Crippen LogP contribution in [-0.4, -0.2) is 0 Å². The van der Waals surface area contributed by atoms with Gasteiger partial charge in [0, 0.05) is 5.56 Å². The Morgan fingerprint density at radius 2 is 1.60 bits per heavy atom. The topological polar surface area (TPSA) is 0 Å². The van der Waals surface area contributed by atoms with Crippen LogP contribution in [0.15, 0.2) is 49.1 Å². The molecule has 1 aliphatic carbocycles. The van der Waals surface area contributed by atoms with Crippen molar-refractivity contribution < 1.29 is 8.78 Å². The molecule has 0 radical (unpaired) electrons. The number of allylic oxidation sites excluding steroid dienone is 1. The van der Waals surface area contributed by atoms with Crippen molar-refractivity contribution in [3.8, 4) is 11.1 Å². The zero-order chi connectivity index (χ0) is 17.1. The number of hydrogen-bond acceptors (Lipinski definition) is 0. The summed E-state index contributed by atoms with van der Waals surface area (Å²) in [7, 11) is 0. The minimum atomic E-state index is -0.757. The van der Waals surface area contributed by atoms with Crippen molar-refractivity contribution in [2.24, 2.45) is 5.92 Å². The SMILES string of the molecule is C.C=CCC1CCC(c2ccc(-c3ccc(C)c(F)c3F)cc2)CC1. The van der Waals surface area contributed by atoms with Gasteiger partial charge in [-0.3, -0.25) is 0 Å². The van der Waals surface area contributed by atoms with E-state index in [1.54, 1.807) is 19.1 Å². The van der Waals surface area contributed by atoms with Crippen molar-refractivity contribution >= 4 is 0 Å². The molecule has 0 nitrogen and oxygen atoms in total. The molecule has 1 fully saturated rings. The Labute approximate surface area is 150 Å². The monoisotopic (exact) mass is 342 g/mol. The highest BCUT2D eigenvalue weighted by Crippen LogP contribution is 2.38. The Balaban J connectivity index is 0.00000225. The van der Waals surface area contributed by atoms with Crippen LogP contribution in [-0.2, 0) is 0 Å². The second-order valence-electron chi connectivity index (χ2n) is 6.92.